The summed E-state index contributed by atoms with van der Waals surface area (Å²) < 4.78 is 28.9. The number of likely N-dealkylation sites (tertiary alicyclic amines) is 3. The van der Waals surface area contributed by atoms with Crippen molar-refractivity contribution in [2.24, 2.45) is 23.5 Å². The zero-order valence-electron chi connectivity index (χ0n) is 63.8. The first-order valence-electron chi connectivity index (χ1n) is 37.9. The van der Waals surface area contributed by atoms with E-state index in [4.69, 9.17) is 110 Å². The van der Waals surface area contributed by atoms with E-state index in [0.29, 0.717) is 82.4 Å². The second-order valence-electron chi connectivity index (χ2n) is 30.5. The Morgan fingerprint density at radius 2 is 0.905 bits per heavy atom. The third-order valence-electron chi connectivity index (χ3n) is 23.1. The topological polar surface area (TPSA) is 320 Å². The Kier molecular flexibility index (Phi) is 32.3. The molecule has 3 aromatic carbocycles. The van der Waals surface area contributed by atoms with Gasteiger partial charge in [-0.1, -0.05) is 157 Å². The number of aliphatic hydroxyl groups is 1. The van der Waals surface area contributed by atoms with Crippen molar-refractivity contribution in [2.45, 2.75) is 223 Å². The van der Waals surface area contributed by atoms with Crippen LogP contribution < -0.4 is 5.73 Å². The number of aliphatic hydroxyl groups excluding tert-OH is 1. The molecule has 116 heavy (non-hydrogen) atoms. The molecule has 24 nitrogen and oxygen atoms in total. The number of aromatic nitrogens is 12. The minimum atomic E-state index is -3.27. The summed E-state index contributed by atoms with van der Waals surface area (Å²) in [5.74, 6) is 0.758. The average molecular weight is 1720 g/mol. The van der Waals surface area contributed by atoms with Gasteiger partial charge in [-0.2, -0.15) is 35.4 Å². The molecule has 9 aromatic rings. The quantitative estimate of drug-likeness (QED) is 0.0907. The zero-order valence-corrected chi connectivity index (χ0v) is 69.2. The lowest BCUT2D eigenvalue weighted by molar-refractivity contribution is -0.191. The van der Waals surface area contributed by atoms with E-state index in [-0.39, 0.29) is 101 Å². The largest absolute Gasteiger partial charge is 0.390 e. The van der Waals surface area contributed by atoms with Crippen molar-refractivity contribution in [3.8, 4) is 12.1 Å². The Labute approximate surface area is 711 Å². The predicted molar refractivity (Wildman–Crippen MR) is 463 cm³/mol. The number of hydrogen-bond acceptors (Lipinski definition) is 20. The Morgan fingerprint density at radius 3 is 1.28 bits per heavy atom. The molecule has 0 saturated carbocycles. The van der Waals surface area contributed by atoms with Crippen LogP contribution >= 0.6 is 69.6 Å². The highest BCUT2D eigenvalue weighted by Gasteiger charge is 2.42. The number of benzene rings is 3. The van der Waals surface area contributed by atoms with Gasteiger partial charge in [0.05, 0.1) is 77.4 Å². The van der Waals surface area contributed by atoms with Gasteiger partial charge in [0, 0.05) is 66.6 Å². The molecule has 0 radical (unpaired) electrons. The number of amides is 1. The van der Waals surface area contributed by atoms with E-state index in [1.54, 1.807) is 52.1 Å². The first kappa shape index (κ1) is 93.4. The highest BCUT2D eigenvalue weighted by atomic mass is 35.5. The Morgan fingerprint density at radius 1 is 0.552 bits per heavy atom. The molecule has 6 aromatic heterocycles. The normalized spacial score (nSPS) is 22.6. The molecule has 15 rings (SSSR count). The number of carbonyl (C=O) groups is 1. The first-order chi connectivity index (χ1) is 53.5. The molecule has 0 bridgehead atoms. The monoisotopic (exact) mass is 1720 g/mol. The van der Waals surface area contributed by atoms with Gasteiger partial charge < -0.3 is 10.8 Å². The zero-order chi connectivity index (χ0) is 80.3. The molecule has 620 valence electrons. The van der Waals surface area contributed by atoms with E-state index < -0.39 is 15.9 Å². The van der Waals surface area contributed by atoms with E-state index in [1.165, 1.54) is 36.8 Å². The van der Waals surface area contributed by atoms with Gasteiger partial charge in [0.2, 0.25) is 5.91 Å². The van der Waals surface area contributed by atoms with Crippen LogP contribution in [0.3, 0.4) is 0 Å². The number of carbonyl (C=O) groups excluding carboxylic acids is 3. The van der Waals surface area contributed by atoms with Crippen LogP contribution in [0.1, 0.15) is 224 Å². The number of rotatable bonds is 16. The van der Waals surface area contributed by atoms with E-state index in [0.717, 1.165) is 134 Å². The molecule has 31 heteroatoms. The number of primary amides is 1. The standard InChI is InChI=1S/C28H32Cl2N6O3S.C26H30Cl2N6O.C26H28Cl2N6.CO2.4CH4/c1-16-11-18(6-9-24(16)35-10-4-5-25(35)26(37)15-40(3,38)39)23-14-32-27-22(13-31)34-36(28(27)33-23)17(2)20-8-7-19(29)12-21(20)30;1-14-11-17(6-9-22(14)33-10-4-5-23(33)25(29)35)21-13-30-24-15(2)32-34(26(24)31-21)16(3)19-8-7-18(27)12-20(19)28;1-15-11-18(6-9-24(15)33-10-4-5-16(33)2)23-14-30-25-22(13-29)32-34(26(25)31-23)17(3)20-8-7-19(27)12-21(20)28;2-1-3;;;;/h6-8,12,14,16-17,24-26,37H,4-5,9-11,15H2,1-3H3;6-8,12-14,16,22-23H,4-5,9-11H2,1-3H3,(H2,29,35);6-8,12,14-17,24H,4-5,9-11H2,1-3H3;;4*1H4. The molecule has 0 spiro atoms. The van der Waals surface area contributed by atoms with Gasteiger partial charge in [0.25, 0.3) is 0 Å². The molecule has 3 fully saturated rings. The lowest BCUT2D eigenvalue weighted by atomic mass is 9.83. The van der Waals surface area contributed by atoms with Gasteiger partial charge in [-0.25, -0.2) is 52.4 Å². The van der Waals surface area contributed by atoms with Gasteiger partial charge in [-0.15, -0.1) is 0 Å². The molecular weight excluding hydrogens is 1610 g/mol. The van der Waals surface area contributed by atoms with Crippen LogP contribution in [0.4, 0.5) is 0 Å². The summed E-state index contributed by atoms with van der Waals surface area (Å²) in [5, 5.41) is 47.2. The van der Waals surface area contributed by atoms with Crippen LogP contribution in [0.25, 0.3) is 50.2 Å². The SMILES string of the molecule is C.C.C.C.CC1CC(c2cnc3c(C#N)nn(C(C)c4ccc(Cl)cc4Cl)c3n2)=CCC1N1CCCC1C.CC1CC(c2cnc3c(C#N)nn(C(C)c4ccc(Cl)cc4Cl)c3n2)=CCC1N1CCCC1C(O)CS(C)(=O)=O.Cc1nn(C(C)c2ccc(Cl)cc2Cl)c2nc(C3=CCC(N4CCCC4C(N)=O)C(C)C3)cnc12.O=C=O. The second kappa shape index (κ2) is 40.1. The van der Waals surface area contributed by atoms with E-state index in [1.807, 2.05) is 62.8 Å². The van der Waals surface area contributed by atoms with Gasteiger partial charge in [-0.3, -0.25) is 19.5 Å². The predicted octanol–water partition coefficient (Wildman–Crippen LogP) is 18.1. The fourth-order valence-corrected chi connectivity index (χ4v) is 20.0. The summed E-state index contributed by atoms with van der Waals surface area (Å²) in [6.07, 6.45) is 24.1. The van der Waals surface area contributed by atoms with Gasteiger partial charge in [0.1, 0.15) is 38.5 Å². The number of allylic oxidation sites excluding steroid dienone is 3. The van der Waals surface area contributed by atoms with E-state index in [9.17, 15) is 28.8 Å². The van der Waals surface area contributed by atoms with Crippen molar-refractivity contribution in [1.82, 2.24) is 73.9 Å². The summed E-state index contributed by atoms with van der Waals surface area (Å²) in [5.41, 5.74) is 19.0. The van der Waals surface area contributed by atoms with Crippen molar-refractivity contribution in [2.75, 3.05) is 31.6 Å². The highest BCUT2D eigenvalue weighted by molar-refractivity contribution is 7.90. The summed E-state index contributed by atoms with van der Waals surface area (Å²) in [4.78, 5) is 64.3. The maximum Gasteiger partial charge on any atom is 0.373 e. The van der Waals surface area contributed by atoms with Crippen molar-refractivity contribution < 1.29 is 27.9 Å². The molecule has 3 N–H and O–H groups in total. The van der Waals surface area contributed by atoms with Crippen LogP contribution in [-0.2, 0) is 24.2 Å². The summed E-state index contributed by atoms with van der Waals surface area (Å²) in [6.45, 7) is 20.0. The first-order valence-corrected chi connectivity index (χ1v) is 42.2. The van der Waals surface area contributed by atoms with Crippen LogP contribution in [-0.4, -0.2) is 174 Å². The average Bonchev–Trinajstić information content (AvgIpc) is 1.62. The number of sulfone groups is 1. The van der Waals surface area contributed by atoms with Crippen LogP contribution in [0.2, 0.25) is 30.1 Å². The van der Waals surface area contributed by atoms with Crippen molar-refractivity contribution in [1.29, 1.82) is 10.5 Å². The number of fused-ring (bicyclic) bond motifs is 3. The third-order valence-corrected chi connectivity index (χ3v) is 25.7. The van der Waals surface area contributed by atoms with Crippen LogP contribution in [0.5, 0.6) is 0 Å². The summed E-state index contributed by atoms with van der Waals surface area (Å²) >= 11 is 37.7. The molecule has 3 aliphatic heterocycles. The minimum absolute atomic E-state index is 0. The fraction of sp³-hybridized carbons (Fsp3) is 0.494. The third kappa shape index (κ3) is 20.2. The molecule has 6 aliphatic rings. The molecular formula is C85H106Cl6N18O6S. The Bertz CT molecular complexity index is 5380. The molecule has 3 aliphatic carbocycles. The Balaban J connectivity index is 0.000000211. The number of nitriles is 2. The molecule has 9 heterocycles. The van der Waals surface area contributed by atoms with E-state index >= 15 is 0 Å². The van der Waals surface area contributed by atoms with Crippen LogP contribution in [0, 0.1) is 47.3 Å². The Hall–Kier alpha value is -8.11. The lowest BCUT2D eigenvalue weighted by Gasteiger charge is -2.40. The molecule has 1 amide bonds. The van der Waals surface area contributed by atoms with Gasteiger partial charge >= 0.3 is 6.15 Å². The van der Waals surface area contributed by atoms with Crippen molar-refractivity contribution in [3.63, 3.8) is 0 Å². The fourth-order valence-electron chi connectivity index (χ4n) is 17.4. The number of nitrogens with zero attached hydrogens (tertiary/aromatic N) is 17. The maximum absolute atomic E-state index is 11.9. The molecule has 3 saturated heterocycles. The van der Waals surface area contributed by atoms with Gasteiger partial charge in [-0.05, 0) is 219 Å². The maximum atomic E-state index is 11.9. The van der Waals surface area contributed by atoms with E-state index in [2.05, 4.69) is 92.9 Å². The second-order valence-corrected chi connectivity index (χ2v) is 35.2. The number of nitrogens with two attached hydrogens (primary N) is 1. The van der Waals surface area contributed by atoms with Crippen molar-refractivity contribution >= 4 is 142 Å². The van der Waals surface area contributed by atoms with Crippen molar-refractivity contribution in [3.05, 3.63) is 172 Å². The van der Waals surface area contributed by atoms with Crippen LogP contribution in [0.15, 0.2) is 91.4 Å². The van der Waals surface area contributed by atoms with Gasteiger partial charge in [0.15, 0.2) is 28.3 Å². The molecule has 13 atom stereocenters. The lowest BCUT2D eigenvalue weighted by Crippen LogP contribution is -2.50. The minimum Gasteiger partial charge on any atom is -0.390 e. The number of aryl methyl sites for hydroxylation is 1. The summed E-state index contributed by atoms with van der Waals surface area (Å²) in [6, 6.07) is 21.3. The summed E-state index contributed by atoms with van der Waals surface area (Å²) in [7, 11) is -3.27. The highest BCUT2D eigenvalue weighted by Crippen LogP contribution is 2.42. The number of hydrogen-bond donors (Lipinski definition) is 2. The molecule has 13 unspecified atom stereocenters. The smallest absolute Gasteiger partial charge is 0.373 e. The number of halogens is 6.